The predicted octanol–water partition coefficient (Wildman–Crippen LogP) is 17.5. The number of esters is 3. The molecule has 0 saturated heterocycles. The van der Waals surface area contributed by atoms with Crippen LogP contribution in [-0.2, 0) is 28.6 Å². The number of carbonyl (C=O) groups excluding carboxylic acids is 3. The van der Waals surface area contributed by atoms with Crippen LogP contribution in [0.1, 0.15) is 271 Å². The van der Waals surface area contributed by atoms with Crippen LogP contribution in [0, 0.1) is 0 Å². The molecular weight excluding hydrogens is 769 g/mol. The Hall–Kier alpha value is -2.63. The molecule has 0 spiro atoms. The number of ether oxygens (including phenoxy) is 3. The molecule has 0 fully saturated rings. The van der Waals surface area contributed by atoms with Gasteiger partial charge in [0.15, 0.2) is 6.10 Å². The summed E-state index contributed by atoms with van der Waals surface area (Å²) in [6, 6.07) is 0. The van der Waals surface area contributed by atoms with E-state index < -0.39 is 6.10 Å². The summed E-state index contributed by atoms with van der Waals surface area (Å²) in [5.41, 5.74) is 0. The van der Waals surface area contributed by atoms with Gasteiger partial charge < -0.3 is 14.2 Å². The fourth-order valence-corrected chi connectivity index (χ4v) is 7.47. The fourth-order valence-electron chi connectivity index (χ4n) is 7.47. The third kappa shape index (κ3) is 48.4. The molecule has 0 rings (SSSR count). The third-order valence-electron chi connectivity index (χ3n) is 11.5. The van der Waals surface area contributed by atoms with Gasteiger partial charge in [0, 0.05) is 19.3 Å². The highest BCUT2D eigenvalue weighted by Gasteiger charge is 2.19. The van der Waals surface area contributed by atoms with Crippen molar-refractivity contribution in [2.45, 2.75) is 277 Å². The van der Waals surface area contributed by atoms with Crippen LogP contribution < -0.4 is 0 Å². The molecule has 6 nitrogen and oxygen atoms in total. The minimum atomic E-state index is -0.782. The molecule has 0 aliphatic carbocycles. The van der Waals surface area contributed by atoms with E-state index in [1.54, 1.807) is 0 Å². The van der Waals surface area contributed by atoms with Crippen molar-refractivity contribution in [3.63, 3.8) is 0 Å². The number of unbranched alkanes of at least 4 members (excludes halogenated alkanes) is 29. The Morgan fingerprint density at radius 1 is 0.323 bits per heavy atom. The van der Waals surface area contributed by atoms with Crippen molar-refractivity contribution in [2.75, 3.05) is 13.2 Å². The van der Waals surface area contributed by atoms with Crippen molar-refractivity contribution in [1.29, 1.82) is 0 Å². The molecule has 0 saturated carbocycles. The van der Waals surface area contributed by atoms with Gasteiger partial charge in [0.1, 0.15) is 13.2 Å². The minimum Gasteiger partial charge on any atom is -0.462 e. The van der Waals surface area contributed by atoms with Crippen LogP contribution in [0.5, 0.6) is 0 Å². The van der Waals surface area contributed by atoms with E-state index in [1.165, 1.54) is 135 Å². The zero-order valence-electron chi connectivity index (χ0n) is 41.1. The van der Waals surface area contributed by atoms with Crippen LogP contribution in [0.2, 0.25) is 0 Å². The zero-order valence-corrected chi connectivity index (χ0v) is 41.1. The molecule has 1 unspecified atom stereocenters. The second kappa shape index (κ2) is 51.0. The Morgan fingerprint density at radius 3 is 1.00 bits per heavy atom. The fraction of sp³-hybridized carbons (Fsp3) is 0.804. The molecule has 1 atom stereocenters. The Bertz CT molecular complexity index is 1090. The Kier molecular flexibility index (Phi) is 48.8. The summed E-state index contributed by atoms with van der Waals surface area (Å²) in [5, 5.41) is 0. The molecule has 0 aromatic rings. The molecule has 0 aliphatic heterocycles. The van der Waals surface area contributed by atoms with Crippen molar-refractivity contribution in [1.82, 2.24) is 0 Å². The first kappa shape index (κ1) is 59.4. The molecule has 0 aromatic carbocycles. The normalized spacial score (nSPS) is 12.4. The third-order valence-corrected chi connectivity index (χ3v) is 11.5. The van der Waals surface area contributed by atoms with Crippen LogP contribution in [0.3, 0.4) is 0 Å². The highest BCUT2D eigenvalue weighted by Crippen LogP contribution is 2.15. The van der Waals surface area contributed by atoms with Gasteiger partial charge >= 0.3 is 17.9 Å². The van der Waals surface area contributed by atoms with Gasteiger partial charge in [-0.15, -0.1) is 0 Å². The largest absolute Gasteiger partial charge is 0.462 e. The first-order chi connectivity index (χ1) is 30.5. The average molecular weight is 869 g/mol. The van der Waals surface area contributed by atoms with Crippen LogP contribution in [0.4, 0.5) is 0 Å². The molecule has 0 bridgehead atoms. The first-order valence-corrected chi connectivity index (χ1v) is 26.6. The standard InChI is InChI=1S/C56H100O6/c1-4-7-10-13-16-19-22-24-26-27-28-29-31-32-34-37-40-43-46-49-55(58)61-52-53(51-60-54(57)48-45-42-39-36-21-18-15-12-9-6-3)62-56(59)50-47-44-41-38-35-33-30-25-23-20-17-14-11-8-5-2/h12,15,17,20,24-26,30,53H,4-11,13-14,16,18-19,21-23,27-29,31-52H2,1-3H3/b15-12-,20-17-,26-24-,30-25-. The van der Waals surface area contributed by atoms with Crippen LogP contribution in [0.15, 0.2) is 48.6 Å². The van der Waals surface area contributed by atoms with Crippen molar-refractivity contribution < 1.29 is 28.6 Å². The average Bonchev–Trinajstić information content (AvgIpc) is 3.27. The molecular formula is C56H100O6. The van der Waals surface area contributed by atoms with Gasteiger partial charge in [-0.05, 0) is 96.3 Å². The second-order valence-electron chi connectivity index (χ2n) is 17.8. The highest BCUT2D eigenvalue weighted by molar-refractivity contribution is 5.71. The maximum absolute atomic E-state index is 12.8. The SMILES string of the molecule is CCC/C=C\CCCCCCCC(=O)OCC(COC(=O)CCCCCCCCCCC/C=C\CCCCCCCC)OC(=O)CCCCCCC/C=C\C/C=C\CCCCC. The number of allylic oxidation sites excluding steroid dienone is 8. The lowest BCUT2D eigenvalue weighted by Gasteiger charge is -2.18. The van der Waals surface area contributed by atoms with Gasteiger partial charge in [-0.3, -0.25) is 14.4 Å². The maximum atomic E-state index is 12.8. The van der Waals surface area contributed by atoms with Gasteiger partial charge in [0.2, 0.25) is 0 Å². The van der Waals surface area contributed by atoms with E-state index >= 15 is 0 Å². The van der Waals surface area contributed by atoms with Gasteiger partial charge in [-0.25, -0.2) is 0 Å². The lowest BCUT2D eigenvalue weighted by Crippen LogP contribution is -2.30. The summed E-state index contributed by atoms with van der Waals surface area (Å²) < 4.78 is 16.8. The number of carbonyl (C=O) groups is 3. The van der Waals surface area contributed by atoms with Crippen molar-refractivity contribution in [3.05, 3.63) is 48.6 Å². The van der Waals surface area contributed by atoms with Crippen molar-refractivity contribution >= 4 is 17.9 Å². The molecule has 0 aliphatic rings. The highest BCUT2D eigenvalue weighted by atomic mass is 16.6. The van der Waals surface area contributed by atoms with Crippen molar-refractivity contribution in [2.24, 2.45) is 0 Å². The Morgan fingerprint density at radius 2 is 0.613 bits per heavy atom. The van der Waals surface area contributed by atoms with E-state index in [9.17, 15) is 14.4 Å². The van der Waals surface area contributed by atoms with Crippen LogP contribution in [-0.4, -0.2) is 37.2 Å². The van der Waals surface area contributed by atoms with Crippen molar-refractivity contribution in [3.8, 4) is 0 Å². The lowest BCUT2D eigenvalue weighted by molar-refractivity contribution is -0.167. The Labute approximate surface area is 384 Å². The number of rotatable bonds is 48. The lowest BCUT2D eigenvalue weighted by atomic mass is 10.1. The molecule has 0 amide bonds. The number of hydrogen-bond donors (Lipinski definition) is 0. The summed E-state index contributed by atoms with van der Waals surface area (Å²) in [5.74, 6) is -0.902. The molecule has 6 heteroatoms. The molecule has 0 aromatic heterocycles. The Balaban J connectivity index is 4.32. The molecule has 360 valence electrons. The summed E-state index contributed by atoms with van der Waals surface area (Å²) in [7, 11) is 0. The van der Waals surface area contributed by atoms with Crippen LogP contribution >= 0.6 is 0 Å². The van der Waals surface area contributed by atoms with Gasteiger partial charge in [-0.2, -0.15) is 0 Å². The van der Waals surface area contributed by atoms with E-state index in [0.29, 0.717) is 19.3 Å². The van der Waals surface area contributed by atoms with E-state index in [4.69, 9.17) is 14.2 Å². The summed E-state index contributed by atoms with van der Waals surface area (Å²) in [6.45, 7) is 6.54. The van der Waals surface area contributed by atoms with Gasteiger partial charge in [0.25, 0.3) is 0 Å². The van der Waals surface area contributed by atoms with Gasteiger partial charge in [-0.1, -0.05) is 204 Å². The second-order valence-corrected chi connectivity index (χ2v) is 17.8. The topological polar surface area (TPSA) is 78.9 Å². The van der Waals surface area contributed by atoms with Gasteiger partial charge in [0.05, 0.1) is 0 Å². The summed E-state index contributed by atoms with van der Waals surface area (Å²) in [6.07, 6.45) is 61.0. The maximum Gasteiger partial charge on any atom is 0.306 e. The summed E-state index contributed by atoms with van der Waals surface area (Å²) in [4.78, 5) is 37.9. The smallest absolute Gasteiger partial charge is 0.306 e. The summed E-state index contributed by atoms with van der Waals surface area (Å²) >= 11 is 0. The minimum absolute atomic E-state index is 0.0817. The zero-order chi connectivity index (χ0) is 45.1. The number of hydrogen-bond acceptors (Lipinski definition) is 6. The monoisotopic (exact) mass is 869 g/mol. The predicted molar refractivity (Wildman–Crippen MR) is 265 cm³/mol. The molecule has 0 heterocycles. The van der Waals surface area contributed by atoms with E-state index in [2.05, 4.69) is 69.4 Å². The quantitative estimate of drug-likeness (QED) is 0.0262. The molecule has 62 heavy (non-hydrogen) atoms. The van der Waals surface area contributed by atoms with E-state index in [-0.39, 0.29) is 31.1 Å². The first-order valence-electron chi connectivity index (χ1n) is 26.6. The molecule has 0 N–H and O–H groups in total. The van der Waals surface area contributed by atoms with E-state index in [0.717, 1.165) is 96.3 Å². The van der Waals surface area contributed by atoms with E-state index in [1.807, 2.05) is 0 Å². The molecule has 0 radical (unpaired) electrons. The van der Waals surface area contributed by atoms with Crippen LogP contribution in [0.25, 0.3) is 0 Å².